The Hall–Kier alpha value is -4.12. The van der Waals surface area contributed by atoms with Gasteiger partial charge in [-0.3, -0.25) is 14.4 Å². The van der Waals surface area contributed by atoms with E-state index < -0.39 is 12.1 Å². The highest BCUT2D eigenvalue weighted by molar-refractivity contribution is 5.78. The molecule has 3 amide bonds. The maximum absolute atomic E-state index is 13.2. The Bertz CT molecular complexity index is 1630. The molecule has 3 aromatic heterocycles. The first kappa shape index (κ1) is 31.2. The number of hydrogen-bond donors (Lipinski definition) is 1. The summed E-state index contributed by atoms with van der Waals surface area (Å²) in [5, 5.41) is 12.2. The Morgan fingerprint density at radius 3 is 2.38 bits per heavy atom. The molecular weight excluding hydrogens is 631 g/mol. The maximum Gasteiger partial charge on any atom is 0.395 e. The second-order valence-electron chi connectivity index (χ2n) is 13.5. The SMILES string of the molecule is O=C(Cn1cc(Nc2nc3c(N4CC5CCC(C4)N5C(=O)N4CC(C(F)(F)F)C4)cccn3n2)cn1)N1CCC(N2CCOCC2)CC1. The van der Waals surface area contributed by atoms with Gasteiger partial charge in [-0.25, -0.2) is 9.31 Å². The number of alkyl halides is 3. The fourth-order valence-electron chi connectivity index (χ4n) is 7.91. The third-order valence-corrected chi connectivity index (χ3v) is 10.6. The molecule has 48 heavy (non-hydrogen) atoms. The van der Waals surface area contributed by atoms with Crippen molar-refractivity contribution < 1.29 is 27.5 Å². The maximum atomic E-state index is 13.2. The second-order valence-corrected chi connectivity index (χ2v) is 13.5. The van der Waals surface area contributed by atoms with Crippen LogP contribution in [0.25, 0.3) is 5.65 Å². The predicted octanol–water partition coefficient (Wildman–Crippen LogP) is 2.26. The lowest BCUT2D eigenvalue weighted by atomic mass is 10.00. The first-order valence-electron chi connectivity index (χ1n) is 16.8. The van der Waals surface area contributed by atoms with Crippen LogP contribution in [-0.2, 0) is 16.1 Å². The van der Waals surface area contributed by atoms with Crippen LogP contribution < -0.4 is 10.2 Å². The number of piperazine rings is 1. The van der Waals surface area contributed by atoms with E-state index in [2.05, 4.69) is 25.3 Å². The molecule has 0 aromatic carbocycles. The Balaban J connectivity index is 0.874. The van der Waals surface area contributed by atoms with Crippen molar-refractivity contribution in [2.45, 2.75) is 56.5 Å². The van der Waals surface area contributed by atoms with Gasteiger partial charge in [-0.1, -0.05) is 0 Å². The molecule has 2 atom stereocenters. The number of carbonyl (C=O) groups is 2. The molecule has 3 aromatic rings. The van der Waals surface area contributed by atoms with Gasteiger partial charge in [-0.15, -0.1) is 5.10 Å². The van der Waals surface area contributed by atoms with Gasteiger partial charge in [-0.05, 0) is 37.8 Å². The fraction of sp³-hybridized carbons (Fsp3) is 0.645. The van der Waals surface area contributed by atoms with Crippen molar-refractivity contribution >= 4 is 34.9 Å². The molecule has 0 radical (unpaired) electrons. The third-order valence-electron chi connectivity index (χ3n) is 10.6. The first-order valence-corrected chi connectivity index (χ1v) is 16.8. The summed E-state index contributed by atoms with van der Waals surface area (Å²) in [6, 6.07) is 3.93. The minimum Gasteiger partial charge on any atom is -0.379 e. The number of amides is 3. The van der Waals surface area contributed by atoms with Crippen molar-refractivity contribution in [2.75, 3.05) is 75.8 Å². The quantitative estimate of drug-likeness (QED) is 0.421. The number of nitrogens with one attached hydrogen (secondary N) is 1. The summed E-state index contributed by atoms with van der Waals surface area (Å²) in [5.74, 6) is -1.00. The van der Waals surface area contributed by atoms with Gasteiger partial charge in [0.15, 0.2) is 5.65 Å². The lowest BCUT2D eigenvalue weighted by Gasteiger charge is -2.47. The number of ether oxygens (including phenoxy) is 1. The molecular formula is C31H40F3N11O3. The standard InChI is InChI=1S/C31H40F3N11O3/c32-31(33,34)21-15-42(16-21)30(47)45-24-3-4-25(45)19-41(18-24)26-2-1-7-44-28(26)37-29(38-44)36-22-14-35-43(17-22)20-27(46)40-8-5-23(6-9-40)39-10-12-48-13-11-39/h1-2,7,14,17,21,23-25H,3-6,8-13,15-16,18-20H2,(H,36,38). The summed E-state index contributed by atoms with van der Waals surface area (Å²) < 4.78 is 47.8. The van der Waals surface area contributed by atoms with Crippen LogP contribution in [0.2, 0.25) is 0 Å². The predicted molar refractivity (Wildman–Crippen MR) is 168 cm³/mol. The van der Waals surface area contributed by atoms with E-state index in [0.717, 1.165) is 70.8 Å². The van der Waals surface area contributed by atoms with E-state index in [1.54, 1.807) is 26.5 Å². The van der Waals surface area contributed by atoms with Gasteiger partial charge in [-0.2, -0.15) is 23.3 Å². The number of fused-ring (bicyclic) bond motifs is 3. The van der Waals surface area contributed by atoms with E-state index in [0.29, 0.717) is 36.4 Å². The number of piperidine rings is 1. The average molecular weight is 672 g/mol. The molecule has 258 valence electrons. The molecule has 8 rings (SSSR count). The highest BCUT2D eigenvalue weighted by Gasteiger charge is 2.52. The number of likely N-dealkylation sites (tertiary alicyclic amines) is 2. The monoisotopic (exact) mass is 671 g/mol. The van der Waals surface area contributed by atoms with Gasteiger partial charge in [0.25, 0.3) is 0 Å². The summed E-state index contributed by atoms with van der Waals surface area (Å²) in [4.78, 5) is 40.7. The van der Waals surface area contributed by atoms with Gasteiger partial charge < -0.3 is 29.7 Å². The largest absolute Gasteiger partial charge is 0.395 e. The molecule has 8 heterocycles. The van der Waals surface area contributed by atoms with Crippen LogP contribution in [-0.4, -0.2) is 146 Å². The summed E-state index contributed by atoms with van der Waals surface area (Å²) in [6.45, 7) is 5.74. The smallest absolute Gasteiger partial charge is 0.379 e. The van der Waals surface area contributed by atoms with E-state index in [1.807, 2.05) is 23.2 Å². The molecule has 17 heteroatoms. The van der Waals surface area contributed by atoms with Crippen molar-refractivity contribution in [1.82, 2.24) is 44.0 Å². The van der Waals surface area contributed by atoms with E-state index in [1.165, 1.54) is 4.90 Å². The van der Waals surface area contributed by atoms with Gasteiger partial charge in [0.05, 0.1) is 48.8 Å². The minimum atomic E-state index is -4.26. The normalized spacial score (nSPS) is 24.4. The number of carbonyl (C=O) groups excluding carboxylic acids is 2. The Morgan fingerprint density at radius 1 is 0.938 bits per heavy atom. The average Bonchev–Trinajstić information content (AvgIpc) is 3.75. The highest BCUT2D eigenvalue weighted by Crippen LogP contribution is 2.38. The van der Waals surface area contributed by atoms with Crippen molar-refractivity contribution in [3.05, 3.63) is 30.7 Å². The van der Waals surface area contributed by atoms with Crippen molar-refractivity contribution in [3.63, 3.8) is 0 Å². The lowest BCUT2D eigenvalue weighted by Crippen LogP contribution is -2.64. The zero-order valence-corrected chi connectivity index (χ0v) is 26.6. The van der Waals surface area contributed by atoms with Crippen LogP contribution in [0.3, 0.4) is 0 Å². The summed E-state index contributed by atoms with van der Waals surface area (Å²) in [6.07, 6.45) is 4.53. The number of pyridine rings is 1. The highest BCUT2D eigenvalue weighted by atomic mass is 19.4. The molecule has 2 unspecified atom stereocenters. The molecule has 5 fully saturated rings. The molecule has 5 saturated heterocycles. The zero-order chi connectivity index (χ0) is 33.0. The Morgan fingerprint density at radius 2 is 1.67 bits per heavy atom. The number of aromatic nitrogens is 5. The third kappa shape index (κ3) is 6.01. The topological polar surface area (TPSA) is 120 Å². The van der Waals surface area contributed by atoms with Gasteiger partial charge in [0, 0.05) is 70.8 Å². The lowest BCUT2D eigenvalue weighted by molar-refractivity contribution is -0.203. The Kier molecular flexibility index (Phi) is 8.05. The van der Waals surface area contributed by atoms with Crippen molar-refractivity contribution in [1.29, 1.82) is 0 Å². The van der Waals surface area contributed by atoms with Crippen LogP contribution >= 0.6 is 0 Å². The van der Waals surface area contributed by atoms with Crippen LogP contribution in [0.1, 0.15) is 25.7 Å². The number of hydrogen-bond acceptors (Lipinski definition) is 9. The van der Waals surface area contributed by atoms with E-state index in [-0.39, 0.29) is 43.7 Å². The minimum absolute atomic E-state index is 0.0479. The molecule has 0 spiro atoms. The Labute approximate surface area is 275 Å². The number of morpholine rings is 1. The van der Waals surface area contributed by atoms with E-state index >= 15 is 0 Å². The molecule has 0 saturated carbocycles. The van der Waals surface area contributed by atoms with Crippen LogP contribution in [0.15, 0.2) is 30.7 Å². The fourth-order valence-corrected chi connectivity index (χ4v) is 7.91. The molecule has 5 aliphatic heterocycles. The number of halogens is 3. The van der Waals surface area contributed by atoms with E-state index in [9.17, 15) is 22.8 Å². The van der Waals surface area contributed by atoms with Gasteiger partial charge >= 0.3 is 12.2 Å². The molecule has 5 aliphatic rings. The molecule has 0 aliphatic carbocycles. The zero-order valence-electron chi connectivity index (χ0n) is 26.6. The van der Waals surface area contributed by atoms with E-state index in [4.69, 9.17) is 9.72 Å². The summed E-state index contributed by atoms with van der Waals surface area (Å²) in [7, 11) is 0. The molecule has 1 N–H and O–H groups in total. The molecule has 2 bridgehead atoms. The van der Waals surface area contributed by atoms with Gasteiger partial charge in [0.2, 0.25) is 11.9 Å². The number of anilines is 3. The van der Waals surface area contributed by atoms with Crippen LogP contribution in [0.5, 0.6) is 0 Å². The number of nitrogens with zero attached hydrogens (tertiary/aromatic N) is 10. The van der Waals surface area contributed by atoms with Crippen LogP contribution in [0.4, 0.5) is 35.3 Å². The number of rotatable bonds is 6. The van der Waals surface area contributed by atoms with Crippen molar-refractivity contribution in [3.8, 4) is 0 Å². The summed E-state index contributed by atoms with van der Waals surface area (Å²) >= 11 is 0. The number of urea groups is 1. The first-order chi connectivity index (χ1) is 23.2. The van der Waals surface area contributed by atoms with Crippen LogP contribution in [0, 0.1) is 5.92 Å². The van der Waals surface area contributed by atoms with Gasteiger partial charge in [0.1, 0.15) is 6.54 Å². The van der Waals surface area contributed by atoms with Crippen molar-refractivity contribution in [2.24, 2.45) is 5.92 Å². The second kappa shape index (κ2) is 12.4. The summed E-state index contributed by atoms with van der Waals surface area (Å²) in [5.41, 5.74) is 2.19. The molecule has 14 nitrogen and oxygen atoms in total.